The van der Waals surface area contributed by atoms with Crippen LogP contribution in [-0.4, -0.2) is 69.5 Å². The fraction of sp³-hybridized carbons (Fsp3) is 0.529. The van der Waals surface area contributed by atoms with Crippen LogP contribution in [0.2, 0.25) is 0 Å². The molecule has 0 saturated carbocycles. The lowest BCUT2D eigenvalue weighted by Gasteiger charge is -2.34. The minimum absolute atomic E-state index is 0.0589. The molecule has 23 heavy (non-hydrogen) atoms. The predicted octanol–water partition coefficient (Wildman–Crippen LogP) is 0.955. The number of aromatic nitrogens is 2. The largest absolute Gasteiger partial charge is 0.395 e. The van der Waals surface area contributed by atoms with Crippen molar-refractivity contribution in [2.24, 2.45) is 0 Å². The van der Waals surface area contributed by atoms with Gasteiger partial charge in [0.2, 0.25) is 0 Å². The number of amides is 1. The average Bonchev–Trinajstić information content (AvgIpc) is 2.95. The molecule has 0 aromatic carbocycles. The van der Waals surface area contributed by atoms with Gasteiger partial charge in [-0.3, -0.25) is 14.1 Å². The molecule has 1 fully saturated rings. The van der Waals surface area contributed by atoms with Gasteiger partial charge >= 0.3 is 0 Å². The Morgan fingerprint density at radius 3 is 2.70 bits per heavy atom. The molecule has 0 atom stereocenters. The van der Waals surface area contributed by atoms with Gasteiger partial charge in [-0.25, -0.2) is 4.98 Å². The molecule has 0 aliphatic carbocycles. The molecule has 0 unspecified atom stereocenters. The summed E-state index contributed by atoms with van der Waals surface area (Å²) >= 11 is 0. The number of rotatable bonds is 4. The molecule has 0 radical (unpaired) electrons. The Morgan fingerprint density at radius 2 is 2.04 bits per heavy atom. The van der Waals surface area contributed by atoms with E-state index in [9.17, 15) is 4.79 Å². The van der Waals surface area contributed by atoms with E-state index in [2.05, 4.69) is 9.88 Å². The third-order valence-corrected chi connectivity index (χ3v) is 4.53. The Hall–Kier alpha value is -1.92. The van der Waals surface area contributed by atoms with Gasteiger partial charge in [0.1, 0.15) is 11.3 Å². The highest BCUT2D eigenvalue weighted by Gasteiger charge is 2.26. The first kappa shape index (κ1) is 16.0. The average molecular weight is 316 g/mol. The molecule has 3 heterocycles. The fourth-order valence-corrected chi connectivity index (χ4v) is 3.19. The number of aryl methyl sites for hydroxylation is 2. The summed E-state index contributed by atoms with van der Waals surface area (Å²) in [6, 6.07) is 3.98. The SMILES string of the molecule is CCc1nc2c(C)cccn2c1C(=O)N1CCN(CCO)CC1. The zero-order chi connectivity index (χ0) is 16.4. The van der Waals surface area contributed by atoms with Crippen LogP contribution in [0, 0.1) is 6.92 Å². The van der Waals surface area contributed by atoms with Crippen LogP contribution in [0.15, 0.2) is 18.3 Å². The number of fused-ring (bicyclic) bond motifs is 1. The van der Waals surface area contributed by atoms with Gasteiger partial charge in [-0.1, -0.05) is 13.0 Å². The van der Waals surface area contributed by atoms with Crippen LogP contribution in [-0.2, 0) is 6.42 Å². The van der Waals surface area contributed by atoms with Crippen molar-refractivity contribution < 1.29 is 9.90 Å². The number of imidazole rings is 1. The number of carbonyl (C=O) groups excluding carboxylic acids is 1. The van der Waals surface area contributed by atoms with Gasteiger partial charge in [0.15, 0.2) is 0 Å². The summed E-state index contributed by atoms with van der Waals surface area (Å²) in [5, 5.41) is 9.02. The molecule has 1 amide bonds. The van der Waals surface area contributed by atoms with Crippen molar-refractivity contribution >= 4 is 11.6 Å². The number of aliphatic hydroxyl groups excluding tert-OH is 1. The number of hydrogen-bond donors (Lipinski definition) is 1. The number of hydrogen-bond acceptors (Lipinski definition) is 4. The van der Waals surface area contributed by atoms with Gasteiger partial charge in [-0.05, 0) is 25.0 Å². The van der Waals surface area contributed by atoms with Gasteiger partial charge in [0.25, 0.3) is 5.91 Å². The molecule has 3 rings (SSSR count). The number of β-amino-alcohol motifs (C(OH)–C–C–N with tert-alkyl or cyclic N) is 1. The lowest BCUT2D eigenvalue weighted by atomic mass is 10.2. The first-order chi connectivity index (χ1) is 11.2. The minimum atomic E-state index is 0.0589. The van der Waals surface area contributed by atoms with E-state index in [4.69, 9.17) is 5.11 Å². The van der Waals surface area contributed by atoms with E-state index in [-0.39, 0.29) is 12.5 Å². The van der Waals surface area contributed by atoms with Crippen LogP contribution in [0.4, 0.5) is 0 Å². The highest BCUT2D eigenvalue weighted by atomic mass is 16.3. The van der Waals surface area contributed by atoms with Crippen molar-refractivity contribution in [2.75, 3.05) is 39.3 Å². The van der Waals surface area contributed by atoms with E-state index in [1.807, 2.05) is 41.5 Å². The maximum absolute atomic E-state index is 13.0. The first-order valence-electron chi connectivity index (χ1n) is 8.24. The second-order valence-corrected chi connectivity index (χ2v) is 6.00. The Labute approximate surface area is 136 Å². The molecule has 124 valence electrons. The highest BCUT2D eigenvalue weighted by Crippen LogP contribution is 2.19. The quantitative estimate of drug-likeness (QED) is 0.912. The monoisotopic (exact) mass is 316 g/mol. The molecular formula is C17H24N4O2. The third kappa shape index (κ3) is 2.96. The minimum Gasteiger partial charge on any atom is -0.395 e. The zero-order valence-electron chi connectivity index (χ0n) is 13.8. The van der Waals surface area contributed by atoms with Crippen LogP contribution < -0.4 is 0 Å². The molecule has 0 spiro atoms. The van der Waals surface area contributed by atoms with Crippen molar-refractivity contribution in [1.29, 1.82) is 0 Å². The molecule has 1 N–H and O–H groups in total. The molecule has 6 nitrogen and oxygen atoms in total. The molecule has 1 aliphatic rings. The van der Waals surface area contributed by atoms with Gasteiger partial charge in [0, 0.05) is 38.9 Å². The van der Waals surface area contributed by atoms with Gasteiger partial charge < -0.3 is 10.0 Å². The van der Waals surface area contributed by atoms with Crippen molar-refractivity contribution in [2.45, 2.75) is 20.3 Å². The Bertz CT molecular complexity index is 702. The summed E-state index contributed by atoms with van der Waals surface area (Å²) < 4.78 is 1.93. The summed E-state index contributed by atoms with van der Waals surface area (Å²) in [6.45, 7) is 7.91. The van der Waals surface area contributed by atoms with Gasteiger partial charge in [-0.15, -0.1) is 0 Å². The highest BCUT2D eigenvalue weighted by molar-refractivity contribution is 5.95. The van der Waals surface area contributed by atoms with Crippen molar-refractivity contribution in [3.8, 4) is 0 Å². The van der Waals surface area contributed by atoms with Crippen LogP contribution >= 0.6 is 0 Å². The maximum atomic E-state index is 13.0. The van der Waals surface area contributed by atoms with Crippen LogP contribution in [0.3, 0.4) is 0 Å². The molecule has 0 bridgehead atoms. The molecule has 6 heteroatoms. The summed E-state index contributed by atoms with van der Waals surface area (Å²) in [5.41, 5.74) is 3.50. The summed E-state index contributed by atoms with van der Waals surface area (Å²) in [4.78, 5) is 21.8. The number of aliphatic hydroxyl groups is 1. The Morgan fingerprint density at radius 1 is 1.30 bits per heavy atom. The molecule has 2 aromatic rings. The Balaban J connectivity index is 1.88. The third-order valence-electron chi connectivity index (χ3n) is 4.53. The molecule has 1 saturated heterocycles. The summed E-state index contributed by atoms with van der Waals surface area (Å²) in [6.07, 6.45) is 2.66. The van der Waals surface area contributed by atoms with E-state index in [0.29, 0.717) is 25.3 Å². The molecular weight excluding hydrogens is 292 g/mol. The molecule has 2 aromatic heterocycles. The predicted molar refractivity (Wildman–Crippen MR) is 88.7 cm³/mol. The second-order valence-electron chi connectivity index (χ2n) is 6.00. The summed E-state index contributed by atoms with van der Waals surface area (Å²) in [5.74, 6) is 0.0589. The zero-order valence-corrected chi connectivity index (χ0v) is 13.8. The van der Waals surface area contributed by atoms with E-state index < -0.39 is 0 Å². The lowest BCUT2D eigenvalue weighted by Crippen LogP contribution is -2.49. The number of carbonyl (C=O) groups is 1. The van der Waals surface area contributed by atoms with Crippen LogP contribution in [0.25, 0.3) is 5.65 Å². The number of piperazine rings is 1. The smallest absolute Gasteiger partial charge is 0.272 e. The first-order valence-corrected chi connectivity index (χ1v) is 8.24. The molecule has 1 aliphatic heterocycles. The van der Waals surface area contributed by atoms with E-state index in [0.717, 1.165) is 36.4 Å². The summed E-state index contributed by atoms with van der Waals surface area (Å²) in [7, 11) is 0. The number of nitrogens with zero attached hydrogens (tertiary/aromatic N) is 4. The fourth-order valence-electron chi connectivity index (χ4n) is 3.19. The van der Waals surface area contributed by atoms with Crippen LogP contribution in [0.5, 0.6) is 0 Å². The van der Waals surface area contributed by atoms with E-state index in [1.165, 1.54) is 0 Å². The van der Waals surface area contributed by atoms with E-state index in [1.54, 1.807) is 0 Å². The second kappa shape index (κ2) is 6.68. The van der Waals surface area contributed by atoms with Gasteiger partial charge in [0.05, 0.1) is 12.3 Å². The lowest BCUT2D eigenvalue weighted by molar-refractivity contribution is 0.0607. The maximum Gasteiger partial charge on any atom is 0.272 e. The van der Waals surface area contributed by atoms with Crippen molar-refractivity contribution in [1.82, 2.24) is 19.2 Å². The van der Waals surface area contributed by atoms with Crippen molar-refractivity contribution in [3.63, 3.8) is 0 Å². The van der Waals surface area contributed by atoms with Crippen LogP contribution in [0.1, 0.15) is 28.7 Å². The Kier molecular flexibility index (Phi) is 4.63. The van der Waals surface area contributed by atoms with Crippen molar-refractivity contribution in [3.05, 3.63) is 35.3 Å². The normalized spacial score (nSPS) is 16.2. The van der Waals surface area contributed by atoms with E-state index >= 15 is 0 Å². The topological polar surface area (TPSA) is 61.1 Å². The standard InChI is InChI=1S/C17H24N4O2/c1-3-14-15(21-6-4-5-13(2)16(21)18-14)17(23)20-9-7-19(8-10-20)11-12-22/h4-6,22H,3,7-12H2,1-2H3. The number of pyridine rings is 1. The van der Waals surface area contributed by atoms with Gasteiger partial charge in [-0.2, -0.15) is 0 Å².